The number of nitrogens with one attached hydrogen (secondary N) is 1. The molecular weight excluding hydrogens is 471 g/mol. The maximum absolute atomic E-state index is 12.6. The van der Waals surface area contributed by atoms with Crippen molar-refractivity contribution < 1.29 is 23.0 Å². The lowest BCUT2D eigenvalue weighted by molar-refractivity contribution is -0.210. The molecule has 1 aromatic carbocycles. The predicted octanol–water partition coefficient (Wildman–Crippen LogP) is 2.75. The Labute approximate surface area is 177 Å². The molecule has 0 aliphatic heterocycles. The lowest BCUT2D eigenvalue weighted by Gasteiger charge is -2.23. The Morgan fingerprint density at radius 3 is 2.60 bits per heavy atom. The lowest BCUT2D eigenvalue weighted by atomic mass is 10.2. The standard InChI is InChI=1S/C17H17BrF3N7O2/c1-2-28(15-6-4-12(22-23-15)16-24-26-27-25-16)8-10-7-11(18)3-5-13(10)30-9-14(29)17(19,20)21/h3-7,14,29H,2,8-9H2,1H3,(H,24,25,26,27). The summed E-state index contributed by atoms with van der Waals surface area (Å²) in [7, 11) is 0. The first-order valence-electron chi connectivity index (χ1n) is 8.76. The van der Waals surface area contributed by atoms with Crippen LogP contribution in [-0.2, 0) is 6.54 Å². The number of benzene rings is 1. The minimum Gasteiger partial charge on any atom is -0.490 e. The quantitative estimate of drug-likeness (QED) is 0.498. The SMILES string of the molecule is CCN(Cc1cc(Br)ccc1OCC(O)C(F)(F)F)c1ccc(-c2nnn[nH]2)nn1. The first-order valence-corrected chi connectivity index (χ1v) is 9.56. The number of aliphatic hydroxyl groups excluding tert-OH is 1. The van der Waals surface area contributed by atoms with Crippen molar-refractivity contribution in [3.8, 4) is 17.3 Å². The van der Waals surface area contributed by atoms with Gasteiger partial charge in [0.05, 0.1) is 0 Å². The van der Waals surface area contributed by atoms with Crippen molar-refractivity contribution >= 4 is 21.7 Å². The molecule has 0 amide bonds. The first-order chi connectivity index (χ1) is 14.3. The van der Waals surface area contributed by atoms with Crippen LogP contribution in [-0.4, -0.2) is 61.4 Å². The Bertz CT molecular complexity index is 955. The molecule has 0 saturated heterocycles. The molecule has 3 rings (SSSR count). The zero-order valence-electron chi connectivity index (χ0n) is 15.6. The highest BCUT2D eigenvalue weighted by atomic mass is 79.9. The van der Waals surface area contributed by atoms with Crippen molar-refractivity contribution in [2.24, 2.45) is 0 Å². The number of hydrogen-bond acceptors (Lipinski definition) is 8. The van der Waals surface area contributed by atoms with E-state index in [9.17, 15) is 18.3 Å². The minimum atomic E-state index is -4.75. The fourth-order valence-corrected chi connectivity index (χ4v) is 2.93. The summed E-state index contributed by atoms with van der Waals surface area (Å²) >= 11 is 3.35. The van der Waals surface area contributed by atoms with E-state index >= 15 is 0 Å². The van der Waals surface area contributed by atoms with Gasteiger partial charge in [0.15, 0.2) is 17.7 Å². The molecule has 0 fully saturated rings. The summed E-state index contributed by atoms with van der Waals surface area (Å²) in [6, 6.07) is 8.36. The molecule has 0 bridgehead atoms. The molecule has 30 heavy (non-hydrogen) atoms. The van der Waals surface area contributed by atoms with Crippen LogP contribution in [0.1, 0.15) is 12.5 Å². The second-order valence-electron chi connectivity index (χ2n) is 6.16. The molecule has 160 valence electrons. The van der Waals surface area contributed by atoms with Crippen LogP contribution in [0.15, 0.2) is 34.8 Å². The van der Waals surface area contributed by atoms with E-state index < -0.39 is 18.9 Å². The third-order valence-electron chi connectivity index (χ3n) is 4.10. The molecule has 3 aromatic rings. The summed E-state index contributed by atoms with van der Waals surface area (Å²) in [6.45, 7) is 1.85. The summed E-state index contributed by atoms with van der Waals surface area (Å²) in [5, 5.41) is 30.8. The smallest absolute Gasteiger partial charge is 0.417 e. The minimum absolute atomic E-state index is 0.234. The number of tetrazole rings is 1. The van der Waals surface area contributed by atoms with E-state index in [0.717, 1.165) is 4.47 Å². The van der Waals surface area contributed by atoms with Gasteiger partial charge in [-0.05, 0) is 47.7 Å². The summed E-state index contributed by atoms with van der Waals surface area (Å²) in [6.07, 6.45) is -7.32. The summed E-state index contributed by atoms with van der Waals surface area (Å²) in [5.74, 6) is 1.16. The van der Waals surface area contributed by atoms with Crippen molar-refractivity contribution in [2.45, 2.75) is 25.7 Å². The highest BCUT2D eigenvalue weighted by Gasteiger charge is 2.38. The van der Waals surface area contributed by atoms with Crippen molar-refractivity contribution in [3.05, 3.63) is 40.4 Å². The lowest BCUT2D eigenvalue weighted by Crippen LogP contribution is -2.34. The number of aliphatic hydroxyl groups is 1. The molecule has 2 aromatic heterocycles. The fraction of sp³-hybridized carbons (Fsp3) is 0.353. The number of H-pyrrole nitrogens is 1. The molecule has 0 saturated carbocycles. The van der Waals surface area contributed by atoms with Gasteiger partial charge in [0.25, 0.3) is 0 Å². The molecule has 0 radical (unpaired) electrons. The maximum Gasteiger partial charge on any atom is 0.417 e. The van der Waals surface area contributed by atoms with Crippen LogP contribution in [0.2, 0.25) is 0 Å². The number of aromatic amines is 1. The number of halogens is 4. The van der Waals surface area contributed by atoms with Crippen LogP contribution < -0.4 is 9.64 Å². The third kappa shape index (κ3) is 5.42. The van der Waals surface area contributed by atoms with Crippen LogP contribution in [0.5, 0.6) is 5.75 Å². The predicted molar refractivity (Wildman–Crippen MR) is 104 cm³/mol. The number of rotatable bonds is 8. The van der Waals surface area contributed by atoms with Gasteiger partial charge in [0, 0.05) is 23.1 Å². The fourth-order valence-electron chi connectivity index (χ4n) is 2.52. The van der Waals surface area contributed by atoms with Gasteiger partial charge in [0.1, 0.15) is 18.1 Å². The normalized spacial score (nSPS) is 12.6. The molecule has 13 heteroatoms. The highest BCUT2D eigenvalue weighted by Crippen LogP contribution is 2.28. The number of ether oxygens (including phenoxy) is 1. The Balaban J connectivity index is 1.77. The van der Waals surface area contributed by atoms with Gasteiger partial charge >= 0.3 is 6.18 Å². The van der Waals surface area contributed by atoms with Gasteiger partial charge in [-0.15, -0.1) is 15.3 Å². The van der Waals surface area contributed by atoms with E-state index in [1.165, 1.54) is 0 Å². The monoisotopic (exact) mass is 487 g/mol. The number of aromatic nitrogens is 6. The number of anilines is 1. The van der Waals surface area contributed by atoms with Crippen molar-refractivity contribution in [1.82, 2.24) is 30.8 Å². The highest BCUT2D eigenvalue weighted by molar-refractivity contribution is 9.10. The molecule has 1 atom stereocenters. The van der Waals surface area contributed by atoms with Crippen molar-refractivity contribution in [2.75, 3.05) is 18.1 Å². The van der Waals surface area contributed by atoms with Gasteiger partial charge in [-0.3, -0.25) is 0 Å². The average molecular weight is 488 g/mol. The van der Waals surface area contributed by atoms with Crippen LogP contribution in [0, 0.1) is 0 Å². The topological polar surface area (TPSA) is 113 Å². The molecule has 1 unspecified atom stereocenters. The van der Waals surface area contributed by atoms with E-state index in [1.54, 1.807) is 30.3 Å². The largest absolute Gasteiger partial charge is 0.490 e. The van der Waals surface area contributed by atoms with Gasteiger partial charge in [0.2, 0.25) is 0 Å². The van der Waals surface area contributed by atoms with Crippen LogP contribution in [0.4, 0.5) is 19.0 Å². The van der Waals surface area contributed by atoms with Crippen LogP contribution >= 0.6 is 15.9 Å². The molecule has 2 heterocycles. The van der Waals surface area contributed by atoms with E-state index in [4.69, 9.17) is 4.74 Å². The van der Waals surface area contributed by atoms with Crippen LogP contribution in [0.25, 0.3) is 11.5 Å². The number of hydrogen-bond donors (Lipinski definition) is 2. The van der Waals surface area contributed by atoms with Gasteiger partial charge < -0.3 is 14.7 Å². The maximum atomic E-state index is 12.6. The number of nitrogens with zero attached hydrogens (tertiary/aromatic N) is 6. The van der Waals surface area contributed by atoms with Gasteiger partial charge in [-0.1, -0.05) is 15.9 Å². The average Bonchev–Trinajstić information content (AvgIpc) is 3.25. The van der Waals surface area contributed by atoms with Crippen molar-refractivity contribution in [1.29, 1.82) is 0 Å². The van der Waals surface area contributed by atoms with E-state index in [-0.39, 0.29) is 5.75 Å². The molecule has 9 nitrogen and oxygen atoms in total. The third-order valence-corrected chi connectivity index (χ3v) is 4.60. The van der Waals surface area contributed by atoms with Crippen molar-refractivity contribution in [3.63, 3.8) is 0 Å². The summed E-state index contributed by atoms with van der Waals surface area (Å²) in [4.78, 5) is 1.87. The van der Waals surface area contributed by atoms with Gasteiger partial charge in [-0.2, -0.15) is 13.2 Å². The van der Waals surface area contributed by atoms with Gasteiger partial charge in [-0.25, -0.2) is 5.10 Å². The van der Waals surface area contributed by atoms with E-state index in [2.05, 4.69) is 46.8 Å². The molecule has 2 N–H and O–H groups in total. The Morgan fingerprint density at radius 1 is 1.20 bits per heavy atom. The molecular formula is C17H17BrF3N7O2. The first kappa shape index (κ1) is 21.9. The van der Waals surface area contributed by atoms with E-state index in [0.29, 0.717) is 36.0 Å². The Morgan fingerprint density at radius 2 is 2.00 bits per heavy atom. The second kappa shape index (κ2) is 9.34. The number of alkyl halides is 3. The Kier molecular flexibility index (Phi) is 6.82. The van der Waals surface area contributed by atoms with Crippen LogP contribution in [0.3, 0.4) is 0 Å². The molecule has 0 spiro atoms. The second-order valence-corrected chi connectivity index (χ2v) is 7.08. The summed E-state index contributed by atoms with van der Waals surface area (Å²) < 4.78 is 43.7. The summed E-state index contributed by atoms with van der Waals surface area (Å²) in [5.41, 5.74) is 1.08. The zero-order valence-corrected chi connectivity index (χ0v) is 17.2. The molecule has 0 aliphatic carbocycles. The van der Waals surface area contributed by atoms with E-state index in [1.807, 2.05) is 11.8 Å². The zero-order chi connectivity index (χ0) is 21.7. The Hall–Kier alpha value is -2.80. The molecule has 0 aliphatic rings.